The van der Waals surface area contributed by atoms with Crippen LogP contribution in [-0.4, -0.2) is 17.0 Å². The summed E-state index contributed by atoms with van der Waals surface area (Å²) in [6, 6.07) is 4.17. The van der Waals surface area contributed by atoms with E-state index in [2.05, 4.69) is 28.7 Å². The van der Waals surface area contributed by atoms with Gasteiger partial charge in [0.1, 0.15) is 11.6 Å². The number of hydrogen-bond acceptors (Lipinski definition) is 4. The molecule has 3 nitrogen and oxygen atoms in total. The normalized spacial score (nSPS) is 14.9. The Labute approximate surface area is 105 Å². The zero-order valence-corrected chi connectivity index (χ0v) is 10.8. The number of thiophene rings is 1. The van der Waals surface area contributed by atoms with E-state index in [9.17, 15) is 0 Å². The van der Waals surface area contributed by atoms with Crippen LogP contribution in [0.1, 0.15) is 29.5 Å². The number of hydrogen-bond donors (Lipinski definition) is 1. The molecule has 0 bridgehead atoms. The molecule has 0 aliphatic heterocycles. The lowest BCUT2D eigenvalue weighted by molar-refractivity contribution is 0.932. The van der Waals surface area contributed by atoms with Crippen molar-refractivity contribution in [3.8, 4) is 11.3 Å². The van der Waals surface area contributed by atoms with Gasteiger partial charge in [0.25, 0.3) is 0 Å². The molecule has 1 N–H and O–H groups in total. The maximum atomic E-state index is 4.70. The van der Waals surface area contributed by atoms with Crippen molar-refractivity contribution in [3.05, 3.63) is 28.2 Å². The van der Waals surface area contributed by atoms with Crippen molar-refractivity contribution in [1.29, 1.82) is 0 Å². The van der Waals surface area contributed by atoms with E-state index >= 15 is 0 Å². The molecule has 2 aromatic heterocycles. The summed E-state index contributed by atoms with van der Waals surface area (Å²) in [7, 11) is 1.91. The van der Waals surface area contributed by atoms with Crippen LogP contribution in [0.4, 0.5) is 5.82 Å². The lowest BCUT2D eigenvalue weighted by atomic mass is 10.2. The van der Waals surface area contributed by atoms with Gasteiger partial charge in [-0.2, -0.15) is 0 Å². The molecule has 0 amide bonds. The SMILES string of the molecule is CNc1cc(-c2ccsc2C)nc(C2CC2)n1. The third-order valence-corrected chi connectivity index (χ3v) is 3.92. The van der Waals surface area contributed by atoms with Crippen LogP contribution in [0.2, 0.25) is 0 Å². The van der Waals surface area contributed by atoms with Gasteiger partial charge < -0.3 is 5.32 Å². The van der Waals surface area contributed by atoms with Crippen molar-refractivity contribution in [2.45, 2.75) is 25.7 Å². The smallest absolute Gasteiger partial charge is 0.134 e. The Morgan fingerprint density at radius 3 is 2.76 bits per heavy atom. The highest BCUT2D eigenvalue weighted by Crippen LogP contribution is 2.39. The minimum absolute atomic E-state index is 0.584. The van der Waals surface area contributed by atoms with Crippen LogP contribution in [0.5, 0.6) is 0 Å². The fraction of sp³-hybridized carbons (Fsp3) is 0.385. The standard InChI is InChI=1S/C13H15N3S/c1-8-10(5-6-17-8)11-7-12(14-2)16-13(15-11)9-3-4-9/h5-7,9H,3-4H2,1-2H3,(H,14,15,16). The fourth-order valence-corrected chi connectivity index (χ4v) is 2.61. The Bertz CT molecular complexity index is 543. The van der Waals surface area contributed by atoms with Crippen LogP contribution in [0.25, 0.3) is 11.3 Å². The molecule has 0 saturated heterocycles. The summed E-state index contributed by atoms with van der Waals surface area (Å²) in [6.07, 6.45) is 2.46. The summed E-state index contributed by atoms with van der Waals surface area (Å²) in [4.78, 5) is 10.5. The van der Waals surface area contributed by atoms with Gasteiger partial charge in [0.05, 0.1) is 5.69 Å². The van der Waals surface area contributed by atoms with Crippen molar-refractivity contribution in [3.63, 3.8) is 0 Å². The quantitative estimate of drug-likeness (QED) is 0.900. The molecule has 1 aliphatic carbocycles. The molecule has 1 saturated carbocycles. The molecule has 0 spiro atoms. The predicted molar refractivity (Wildman–Crippen MR) is 71.6 cm³/mol. The van der Waals surface area contributed by atoms with Gasteiger partial charge in [0, 0.05) is 29.5 Å². The molecular formula is C13H15N3S. The molecule has 0 atom stereocenters. The first kappa shape index (κ1) is 10.7. The zero-order chi connectivity index (χ0) is 11.8. The van der Waals surface area contributed by atoms with Gasteiger partial charge in [-0.25, -0.2) is 9.97 Å². The first-order valence-corrected chi connectivity index (χ1v) is 6.77. The number of rotatable bonds is 3. The van der Waals surface area contributed by atoms with E-state index in [-0.39, 0.29) is 0 Å². The minimum atomic E-state index is 0.584. The molecule has 1 fully saturated rings. The second kappa shape index (κ2) is 4.11. The second-order valence-corrected chi connectivity index (χ2v) is 5.53. The van der Waals surface area contributed by atoms with Gasteiger partial charge in [-0.3, -0.25) is 0 Å². The molecule has 17 heavy (non-hydrogen) atoms. The van der Waals surface area contributed by atoms with Crippen molar-refractivity contribution < 1.29 is 0 Å². The number of aryl methyl sites for hydroxylation is 1. The Hall–Kier alpha value is -1.42. The maximum absolute atomic E-state index is 4.70. The monoisotopic (exact) mass is 245 g/mol. The molecule has 0 aromatic carbocycles. The Kier molecular flexibility index (Phi) is 2.59. The van der Waals surface area contributed by atoms with Crippen LogP contribution < -0.4 is 5.32 Å². The van der Waals surface area contributed by atoms with Gasteiger partial charge in [-0.15, -0.1) is 11.3 Å². The average molecular weight is 245 g/mol. The first-order valence-electron chi connectivity index (χ1n) is 5.89. The summed E-state index contributed by atoms with van der Waals surface area (Å²) in [5.41, 5.74) is 2.28. The summed E-state index contributed by atoms with van der Waals surface area (Å²) < 4.78 is 0. The van der Waals surface area contributed by atoms with E-state index in [1.54, 1.807) is 11.3 Å². The van der Waals surface area contributed by atoms with Gasteiger partial charge in [0.2, 0.25) is 0 Å². The Balaban J connectivity index is 2.09. The van der Waals surface area contributed by atoms with Crippen LogP contribution in [-0.2, 0) is 0 Å². The highest BCUT2D eigenvalue weighted by atomic mass is 32.1. The Morgan fingerprint density at radius 2 is 2.18 bits per heavy atom. The summed E-state index contributed by atoms with van der Waals surface area (Å²) >= 11 is 1.76. The molecule has 2 aromatic rings. The zero-order valence-electron chi connectivity index (χ0n) is 10.0. The second-order valence-electron chi connectivity index (χ2n) is 4.41. The molecule has 3 rings (SSSR count). The molecule has 4 heteroatoms. The van der Waals surface area contributed by atoms with E-state index in [0.717, 1.165) is 17.3 Å². The minimum Gasteiger partial charge on any atom is -0.373 e. The van der Waals surface area contributed by atoms with Crippen molar-refractivity contribution in [2.75, 3.05) is 12.4 Å². The van der Waals surface area contributed by atoms with E-state index < -0.39 is 0 Å². The third-order valence-electron chi connectivity index (χ3n) is 3.08. The van der Waals surface area contributed by atoms with Crippen LogP contribution in [0.15, 0.2) is 17.5 Å². The largest absolute Gasteiger partial charge is 0.373 e. The number of nitrogens with zero attached hydrogens (tertiary/aromatic N) is 2. The number of aromatic nitrogens is 2. The molecule has 0 radical (unpaired) electrons. The van der Waals surface area contributed by atoms with Crippen LogP contribution >= 0.6 is 11.3 Å². The first-order chi connectivity index (χ1) is 8.28. The van der Waals surface area contributed by atoms with Gasteiger partial charge in [0.15, 0.2) is 0 Å². The highest BCUT2D eigenvalue weighted by molar-refractivity contribution is 7.10. The number of anilines is 1. The molecule has 0 unspecified atom stereocenters. The molecular weight excluding hydrogens is 230 g/mol. The predicted octanol–water partition coefficient (Wildman–Crippen LogP) is 3.43. The topological polar surface area (TPSA) is 37.8 Å². The van der Waals surface area contributed by atoms with E-state index in [1.807, 2.05) is 13.1 Å². The Morgan fingerprint density at radius 1 is 1.35 bits per heavy atom. The van der Waals surface area contributed by atoms with Gasteiger partial charge in [-0.05, 0) is 31.2 Å². The van der Waals surface area contributed by atoms with Gasteiger partial charge >= 0.3 is 0 Å². The lowest BCUT2D eigenvalue weighted by Gasteiger charge is -2.07. The van der Waals surface area contributed by atoms with E-state index in [0.29, 0.717) is 5.92 Å². The van der Waals surface area contributed by atoms with Crippen molar-refractivity contribution in [2.24, 2.45) is 0 Å². The average Bonchev–Trinajstić information content (AvgIpc) is 3.11. The van der Waals surface area contributed by atoms with Crippen molar-refractivity contribution in [1.82, 2.24) is 9.97 Å². The van der Waals surface area contributed by atoms with Gasteiger partial charge in [-0.1, -0.05) is 0 Å². The van der Waals surface area contributed by atoms with E-state index in [4.69, 9.17) is 4.98 Å². The lowest BCUT2D eigenvalue weighted by Crippen LogP contribution is -2.00. The molecule has 88 valence electrons. The third kappa shape index (κ3) is 2.05. The summed E-state index contributed by atoms with van der Waals surface area (Å²) in [5, 5.41) is 5.24. The van der Waals surface area contributed by atoms with Crippen LogP contribution in [0, 0.1) is 6.92 Å². The fourth-order valence-electron chi connectivity index (χ4n) is 1.91. The number of nitrogens with one attached hydrogen (secondary N) is 1. The summed E-state index contributed by atoms with van der Waals surface area (Å²) in [6.45, 7) is 2.14. The summed E-state index contributed by atoms with van der Waals surface area (Å²) in [5.74, 6) is 2.50. The molecule has 1 aliphatic rings. The van der Waals surface area contributed by atoms with E-state index in [1.165, 1.54) is 23.3 Å². The molecule has 2 heterocycles. The maximum Gasteiger partial charge on any atom is 0.134 e. The van der Waals surface area contributed by atoms with Crippen molar-refractivity contribution >= 4 is 17.2 Å². The highest BCUT2D eigenvalue weighted by Gasteiger charge is 2.27. The van der Waals surface area contributed by atoms with Crippen LogP contribution in [0.3, 0.4) is 0 Å².